The van der Waals surface area contributed by atoms with E-state index in [1.807, 2.05) is 0 Å². The van der Waals surface area contributed by atoms with Crippen molar-refractivity contribution < 1.29 is 23.9 Å². The highest BCUT2D eigenvalue weighted by Gasteiger charge is 2.44. The van der Waals surface area contributed by atoms with Crippen molar-refractivity contribution in [3.63, 3.8) is 0 Å². The van der Waals surface area contributed by atoms with Crippen LogP contribution in [0.5, 0.6) is 0 Å². The highest BCUT2D eigenvalue weighted by atomic mass is 16.6. The molecule has 3 N–H and O–H groups in total. The minimum absolute atomic E-state index is 0.0929. The maximum atomic E-state index is 12.8. The molecule has 0 bridgehead atoms. The highest BCUT2D eigenvalue weighted by Crippen LogP contribution is 2.25. The summed E-state index contributed by atoms with van der Waals surface area (Å²) in [7, 11) is 0. The summed E-state index contributed by atoms with van der Waals surface area (Å²) in [5.74, 6) is -1.50. The number of hydrogen-bond donors (Lipinski definition) is 2. The third-order valence-corrected chi connectivity index (χ3v) is 3.53. The molecule has 0 aromatic rings. The molecule has 1 fully saturated rings. The van der Waals surface area contributed by atoms with Crippen molar-refractivity contribution in [2.45, 2.75) is 65.6 Å². The van der Waals surface area contributed by atoms with Crippen LogP contribution in [-0.2, 0) is 19.1 Å². The predicted molar refractivity (Wildman–Crippen MR) is 86.9 cm³/mol. The molecule has 0 saturated carbocycles. The number of nitrogens with zero attached hydrogens (tertiary/aromatic N) is 1. The van der Waals surface area contributed by atoms with E-state index in [-0.39, 0.29) is 18.7 Å². The molecule has 1 aliphatic heterocycles. The zero-order valence-corrected chi connectivity index (χ0v) is 15.1. The van der Waals surface area contributed by atoms with E-state index in [0.717, 1.165) is 4.90 Å². The quantitative estimate of drug-likeness (QED) is 0.778. The van der Waals surface area contributed by atoms with E-state index >= 15 is 0 Å². The summed E-state index contributed by atoms with van der Waals surface area (Å²) < 4.78 is 5.19. The number of hydrogen-bond acceptors (Lipinski definition) is 5. The van der Waals surface area contributed by atoms with E-state index in [1.54, 1.807) is 41.5 Å². The number of alkyl carbamates (subject to hydrolysis) is 1. The van der Waals surface area contributed by atoms with E-state index in [9.17, 15) is 19.2 Å². The molecule has 1 saturated heterocycles. The van der Waals surface area contributed by atoms with Crippen LogP contribution in [0, 0.1) is 5.41 Å². The second-order valence-electron chi connectivity index (χ2n) is 8.07. The molecule has 0 unspecified atom stereocenters. The maximum Gasteiger partial charge on any atom is 0.408 e. The topological polar surface area (TPSA) is 119 Å². The van der Waals surface area contributed by atoms with Crippen LogP contribution in [0.3, 0.4) is 0 Å². The van der Waals surface area contributed by atoms with E-state index in [0.29, 0.717) is 0 Å². The van der Waals surface area contributed by atoms with Gasteiger partial charge in [0.2, 0.25) is 11.8 Å². The summed E-state index contributed by atoms with van der Waals surface area (Å²) >= 11 is 0. The van der Waals surface area contributed by atoms with Crippen molar-refractivity contribution in [2.24, 2.45) is 11.1 Å². The summed E-state index contributed by atoms with van der Waals surface area (Å²) in [6.45, 7) is 10.3. The van der Waals surface area contributed by atoms with Gasteiger partial charge in [0.05, 0.1) is 6.54 Å². The molecule has 3 amide bonds. The van der Waals surface area contributed by atoms with Crippen LogP contribution in [0.25, 0.3) is 0 Å². The van der Waals surface area contributed by atoms with Gasteiger partial charge in [-0.1, -0.05) is 20.8 Å². The summed E-state index contributed by atoms with van der Waals surface area (Å²) in [6.07, 6.45) is -0.832. The van der Waals surface area contributed by atoms with Crippen molar-refractivity contribution in [3.8, 4) is 0 Å². The Labute approximate surface area is 142 Å². The fraction of sp³-hybridized carbons (Fsp3) is 0.750. The van der Waals surface area contributed by atoms with Crippen LogP contribution < -0.4 is 11.1 Å². The number of nitrogens with two attached hydrogens (primary N) is 1. The molecule has 0 spiro atoms. The van der Waals surface area contributed by atoms with Crippen molar-refractivity contribution in [1.29, 1.82) is 0 Å². The van der Waals surface area contributed by atoms with Gasteiger partial charge in [0.15, 0.2) is 5.78 Å². The van der Waals surface area contributed by atoms with Gasteiger partial charge in [0, 0.05) is 6.42 Å². The normalized spacial score (nSPS) is 19.8. The largest absolute Gasteiger partial charge is 0.444 e. The highest BCUT2D eigenvalue weighted by molar-refractivity contribution is 6.00. The molecular formula is C16H27N3O5. The minimum atomic E-state index is -0.977. The average Bonchev–Trinajstić information content (AvgIpc) is 2.74. The van der Waals surface area contributed by atoms with E-state index in [2.05, 4.69) is 5.32 Å². The fourth-order valence-electron chi connectivity index (χ4n) is 2.42. The maximum absolute atomic E-state index is 12.8. The third kappa shape index (κ3) is 5.21. The van der Waals surface area contributed by atoms with Gasteiger partial charge in [-0.3, -0.25) is 14.4 Å². The van der Waals surface area contributed by atoms with Gasteiger partial charge in [-0.05, 0) is 26.2 Å². The first-order valence-electron chi connectivity index (χ1n) is 7.83. The van der Waals surface area contributed by atoms with E-state index in [1.165, 1.54) is 0 Å². The summed E-state index contributed by atoms with van der Waals surface area (Å²) in [6, 6.07) is -1.93. The number of amides is 3. The number of ketones is 1. The van der Waals surface area contributed by atoms with Gasteiger partial charge in [-0.15, -0.1) is 0 Å². The first-order chi connectivity index (χ1) is 10.7. The Morgan fingerprint density at radius 2 is 1.75 bits per heavy atom. The molecule has 0 aromatic carbocycles. The van der Waals surface area contributed by atoms with Crippen molar-refractivity contribution >= 4 is 23.7 Å². The molecular weight excluding hydrogens is 314 g/mol. The third-order valence-electron chi connectivity index (χ3n) is 3.53. The second kappa shape index (κ2) is 6.78. The predicted octanol–water partition coefficient (Wildman–Crippen LogP) is 0.581. The lowest BCUT2D eigenvalue weighted by Gasteiger charge is -2.35. The number of nitrogens with one attached hydrogen (secondary N) is 1. The van der Waals surface area contributed by atoms with Gasteiger partial charge in [-0.2, -0.15) is 0 Å². The second-order valence-corrected chi connectivity index (χ2v) is 8.07. The van der Waals surface area contributed by atoms with Crippen LogP contribution in [0.4, 0.5) is 4.79 Å². The zero-order chi connectivity index (χ0) is 18.9. The smallest absolute Gasteiger partial charge is 0.408 e. The first-order valence-corrected chi connectivity index (χ1v) is 7.83. The van der Waals surface area contributed by atoms with Gasteiger partial charge in [0.25, 0.3) is 0 Å². The molecule has 1 rings (SSSR count). The van der Waals surface area contributed by atoms with Crippen LogP contribution in [0.15, 0.2) is 0 Å². The zero-order valence-electron chi connectivity index (χ0n) is 15.1. The Balaban J connectivity index is 3.00. The molecule has 8 nitrogen and oxygen atoms in total. The van der Waals surface area contributed by atoms with E-state index < -0.39 is 41.0 Å². The molecule has 24 heavy (non-hydrogen) atoms. The molecule has 0 aromatic heterocycles. The number of carbonyl (C=O) groups is 4. The molecule has 0 radical (unpaired) electrons. The van der Waals surface area contributed by atoms with Crippen LogP contribution >= 0.6 is 0 Å². The van der Waals surface area contributed by atoms with Crippen LogP contribution in [0.1, 0.15) is 48.0 Å². The summed E-state index contributed by atoms with van der Waals surface area (Å²) in [5, 5.41) is 2.55. The van der Waals surface area contributed by atoms with Gasteiger partial charge in [-0.25, -0.2) is 4.79 Å². The number of likely N-dealkylation sites (tertiary alicyclic amines) is 1. The minimum Gasteiger partial charge on any atom is -0.444 e. The Morgan fingerprint density at radius 3 is 2.17 bits per heavy atom. The lowest BCUT2D eigenvalue weighted by Crippen LogP contribution is -2.57. The number of primary amides is 1. The van der Waals surface area contributed by atoms with Crippen molar-refractivity contribution in [1.82, 2.24) is 10.2 Å². The van der Waals surface area contributed by atoms with Crippen molar-refractivity contribution in [3.05, 3.63) is 0 Å². The molecule has 2 atom stereocenters. The Hall–Kier alpha value is -2.12. The number of Topliss-reactive ketones (excluding diaryl/α,β-unsaturated/α-hetero) is 1. The number of carbonyl (C=O) groups excluding carboxylic acids is 4. The Bertz CT molecular complexity index is 545. The standard InChI is InChI=1S/C16H27N3O5/c1-15(2,3)11(18-14(23)24-16(4,5)6)13(22)19-8-9(20)7-10(19)12(17)21/h10-11H,7-8H2,1-6H3,(H2,17,21)(H,18,23)/t10-,11+/m0/s1. The Morgan fingerprint density at radius 1 is 1.21 bits per heavy atom. The molecule has 8 heteroatoms. The molecule has 136 valence electrons. The fourth-order valence-corrected chi connectivity index (χ4v) is 2.42. The van der Waals surface area contributed by atoms with Crippen molar-refractivity contribution in [2.75, 3.05) is 6.54 Å². The SMILES string of the molecule is CC(C)(C)OC(=O)N[C@H](C(=O)N1CC(=O)C[C@H]1C(N)=O)C(C)(C)C. The monoisotopic (exact) mass is 341 g/mol. The summed E-state index contributed by atoms with van der Waals surface area (Å²) in [4.78, 5) is 49.2. The van der Waals surface area contributed by atoms with E-state index in [4.69, 9.17) is 10.5 Å². The van der Waals surface area contributed by atoms with Gasteiger partial charge < -0.3 is 20.7 Å². The lowest BCUT2D eigenvalue weighted by atomic mass is 9.85. The number of rotatable bonds is 3. The van der Waals surface area contributed by atoms with Crippen LogP contribution in [0.2, 0.25) is 0 Å². The molecule has 1 aliphatic rings. The lowest BCUT2D eigenvalue weighted by molar-refractivity contribution is -0.141. The van der Waals surface area contributed by atoms with Gasteiger partial charge >= 0.3 is 6.09 Å². The van der Waals surface area contributed by atoms with Gasteiger partial charge in [0.1, 0.15) is 17.7 Å². The number of ether oxygens (including phenoxy) is 1. The summed E-state index contributed by atoms with van der Waals surface area (Å²) in [5.41, 5.74) is 3.92. The molecule has 0 aliphatic carbocycles. The molecule has 1 heterocycles. The Kier molecular flexibility index (Phi) is 5.63. The van der Waals surface area contributed by atoms with Crippen LogP contribution in [-0.4, -0.2) is 52.8 Å². The average molecular weight is 341 g/mol. The first kappa shape index (κ1) is 19.9.